The van der Waals surface area contributed by atoms with E-state index in [9.17, 15) is 14.9 Å². The molecule has 0 unspecified atom stereocenters. The summed E-state index contributed by atoms with van der Waals surface area (Å²) in [5, 5.41) is 12.6. The van der Waals surface area contributed by atoms with E-state index < -0.39 is 23.5 Å². The number of esters is 1. The van der Waals surface area contributed by atoms with Crippen molar-refractivity contribution < 1.29 is 14.3 Å². The first-order valence-corrected chi connectivity index (χ1v) is 8.48. The highest BCUT2D eigenvalue weighted by molar-refractivity contribution is 6.04. The average Bonchev–Trinajstić information content (AvgIpc) is 2.60. The van der Waals surface area contributed by atoms with Crippen LogP contribution in [0.15, 0.2) is 30.3 Å². The second kappa shape index (κ2) is 7.52. The first-order valence-electron chi connectivity index (χ1n) is 8.48. The van der Waals surface area contributed by atoms with Gasteiger partial charge in [0.25, 0.3) is 5.91 Å². The van der Waals surface area contributed by atoms with Crippen LogP contribution < -0.4 is 5.32 Å². The summed E-state index contributed by atoms with van der Waals surface area (Å²) in [6.45, 7) is 8.60. The van der Waals surface area contributed by atoms with Crippen LogP contribution in [0.25, 0.3) is 10.9 Å². The second-order valence-corrected chi connectivity index (χ2v) is 6.83. The minimum absolute atomic E-state index is 0.0915. The molecule has 1 heterocycles. The van der Waals surface area contributed by atoms with Crippen molar-refractivity contribution in [1.29, 1.82) is 5.26 Å². The lowest BCUT2D eigenvalue weighted by Gasteiger charge is -2.28. The molecule has 2 rings (SSSR count). The molecule has 1 aromatic carbocycles. The van der Waals surface area contributed by atoms with Crippen molar-refractivity contribution in [2.75, 3.05) is 0 Å². The maximum atomic E-state index is 12.6. The Balaban J connectivity index is 2.20. The van der Waals surface area contributed by atoms with Crippen LogP contribution in [-0.2, 0) is 9.53 Å². The smallest absolute Gasteiger partial charge is 0.339 e. The summed E-state index contributed by atoms with van der Waals surface area (Å²) in [6, 6.07) is 11.0. The van der Waals surface area contributed by atoms with Crippen molar-refractivity contribution in [3.63, 3.8) is 0 Å². The highest BCUT2D eigenvalue weighted by Crippen LogP contribution is 2.20. The van der Waals surface area contributed by atoms with E-state index in [2.05, 4.69) is 16.4 Å². The molecule has 26 heavy (non-hydrogen) atoms. The van der Waals surface area contributed by atoms with E-state index in [4.69, 9.17) is 4.74 Å². The van der Waals surface area contributed by atoms with Crippen molar-refractivity contribution >= 4 is 22.8 Å². The summed E-state index contributed by atoms with van der Waals surface area (Å²) in [4.78, 5) is 29.4. The Kier molecular flexibility index (Phi) is 5.61. The van der Waals surface area contributed by atoms with E-state index in [1.165, 1.54) is 6.92 Å². The van der Waals surface area contributed by atoms with Gasteiger partial charge >= 0.3 is 5.97 Å². The van der Waals surface area contributed by atoms with Crippen molar-refractivity contribution in [3.8, 4) is 6.07 Å². The predicted molar refractivity (Wildman–Crippen MR) is 98.4 cm³/mol. The van der Waals surface area contributed by atoms with Crippen molar-refractivity contribution in [1.82, 2.24) is 10.3 Å². The van der Waals surface area contributed by atoms with Crippen LogP contribution >= 0.6 is 0 Å². The van der Waals surface area contributed by atoms with Crippen molar-refractivity contribution in [3.05, 3.63) is 41.6 Å². The molecular weight excluding hydrogens is 330 g/mol. The number of rotatable bonds is 5. The molecule has 0 aliphatic heterocycles. The number of para-hydroxylation sites is 1. The molecule has 0 radical (unpaired) electrons. The molecule has 0 aliphatic carbocycles. The molecule has 0 spiro atoms. The summed E-state index contributed by atoms with van der Waals surface area (Å²) < 4.78 is 5.34. The number of ether oxygens (including phenoxy) is 1. The molecule has 0 bridgehead atoms. The maximum absolute atomic E-state index is 12.6. The van der Waals surface area contributed by atoms with E-state index in [-0.39, 0.29) is 5.92 Å². The molecule has 1 amide bonds. The van der Waals surface area contributed by atoms with Gasteiger partial charge in [-0.2, -0.15) is 5.26 Å². The van der Waals surface area contributed by atoms with Gasteiger partial charge in [0.2, 0.25) is 0 Å². The number of aromatic nitrogens is 1. The SMILES string of the molecule is Cc1cc(C(=O)O[C@@H](C)C(=O)N[C@@](C)(C#N)C(C)C)c2ccccc2n1. The number of nitriles is 1. The Bertz CT molecular complexity index is 885. The molecule has 6 nitrogen and oxygen atoms in total. The zero-order valence-electron chi connectivity index (χ0n) is 15.7. The van der Waals surface area contributed by atoms with E-state index in [1.807, 2.05) is 32.0 Å². The molecule has 2 aromatic rings. The van der Waals surface area contributed by atoms with E-state index in [0.29, 0.717) is 22.2 Å². The Morgan fingerprint density at radius 1 is 1.27 bits per heavy atom. The number of nitrogens with one attached hydrogen (secondary N) is 1. The van der Waals surface area contributed by atoms with Gasteiger partial charge in [0.05, 0.1) is 17.1 Å². The number of benzene rings is 1. The normalized spacial score (nSPS) is 14.3. The number of fused-ring (bicyclic) bond motifs is 1. The summed E-state index contributed by atoms with van der Waals surface area (Å²) in [6.07, 6.45) is -1.03. The molecule has 0 saturated carbocycles. The number of amides is 1. The third-order valence-corrected chi connectivity index (χ3v) is 4.49. The van der Waals surface area contributed by atoms with Crippen LogP contribution in [0.3, 0.4) is 0 Å². The van der Waals surface area contributed by atoms with E-state index in [0.717, 1.165) is 0 Å². The Labute approximate surface area is 153 Å². The van der Waals surface area contributed by atoms with Crippen molar-refractivity contribution in [2.45, 2.75) is 46.3 Å². The fourth-order valence-electron chi connectivity index (χ4n) is 2.41. The van der Waals surface area contributed by atoms with Crippen LogP contribution in [0.1, 0.15) is 43.7 Å². The van der Waals surface area contributed by atoms with Crippen LogP contribution in [0.2, 0.25) is 0 Å². The van der Waals surface area contributed by atoms with Gasteiger partial charge in [-0.25, -0.2) is 4.79 Å². The Morgan fingerprint density at radius 2 is 1.92 bits per heavy atom. The minimum atomic E-state index is -1.03. The molecule has 6 heteroatoms. The zero-order valence-corrected chi connectivity index (χ0v) is 15.7. The number of pyridine rings is 1. The van der Waals surface area contributed by atoms with Gasteiger partial charge < -0.3 is 10.1 Å². The minimum Gasteiger partial charge on any atom is -0.449 e. The van der Waals surface area contributed by atoms with Crippen LogP contribution in [0.4, 0.5) is 0 Å². The summed E-state index contributed by atoms with van der Waals surface area (Å²) in [5.74, 6) is -1.20. The molecular formula is C20H23N3O3. The summed E-state index contributed by atoms with van der Waals surface area (Å²) in [7, 11) is 0. The molecule has 0 aliphatic rings. The summed E-state index contributed by atoms with van der Waals surface area (Å²) in [5.41, 5.74) is 0.704. The van der Waals surface area contributed by atoms with Gasteiger partial charge in [0.1, 0.15) is 5.54 Å². The van der Waals surface area contributed by atoms with E-state index >= 15 is 0 Å². The number of hydrogen-bond donors (Lipinski definition) is 1. The predicted octanol–water partition coefficient (Wildman–Crippen LogP) is 3.14. The number of aryl methyl sites for hydroxylation is 1. The molecule has 0 saturated heterocycles. The second-order valence-electron chi connectivity index (χ2n) is 6.83. The highest BCUT2D eigenvalue weighted by atomic mass is 16.5. The third kappa shape index (κ3) is 3.99. The topological polar surface area (TPSA) is 92.1 Å². The van der Waals surface area contributed by atoms with Crippen molar-refractivity contribution in [2.24, 2.45) is 5.92 Å². The largest absolute Gasteiger partial charge is 0.449 e. The molecule has 0 fully saturated rings. The fraction of sp³-hybridized carbons (Fsp3) is 0.400. The monoisotopic (exact) mass is 353 g/mol. The third-order valence-electron chi connectivity index (χ3n) is 4.49. The molecule has 136 valence electrons. The Hall–Kier alpha value is -2.94. The van der Waals surface area contributed by atoms with Crippen LogP contribution in [0, 0.1) is 24.2 Å². The van der Waals surface area contributed by atoms with Gasteiger partial charge in [0.15, 0.2) is 6.10 Å². The molecule has 2 atom stereocenters. The van der Waals surface area contributed by atoms with Gasteiger partial charge in [-0.1, -0.05) is 32.0 Å². The number of hydrogen-bond acceptors (Lipinski definition) is 5. The average molecular weight is 353 g/mol. The Morgan fingerprint density at radius 3 is 2.54 bits per heavy atom. The lowest BCUT2D eigenvalue weighted by Crippen LogP contribution is -2.52. The maximum Gasteiger partial charge on any atom is 0.339 e. The fourth-order valence-corrected chi connectivity index (χ4v) is 2.41. The number of nitrogens with zero attached hydrogens (tertiary/aromatic N) is 2. The zero-order chi connectivity index (χ0) is 19.5. The first kappa shape index (κ1) is 19.4. The van der Waals surface area contributed by atoms with E-state index in [1.54, 1.807) is 26.0 Å². The lowest BCUT2D eigenvalue weighted by molar-refractivity contribution is -0.130. The standard InChI is InChI=1S/C20H23N3O3/c1-12(2)20(5,11-21)23-18(24)14(4)26-19(25)16-10-13(3)22-17-9-7-6-8-15(16)17/h6-10,12,14H,1-5H3,(H,23,24)/t14-,20-/m0/s1. The lowest BCUT2D eigenvalue weighted by atomic mass is 9.90. The number of carbonyl (C=O) groups excluding carboxylic acids is 2. The van der Waals surface area contributed by atoms with Gasteiger partial charge in [-0.05, 0) is 38.8 Å². The van der Waals surface area contributed by atoms with Gasteiger partial charge in [0, 0.05) is 11.1 Å². The first-order chi connectivity index (χ1) is 12.2. The van der Waals surface area contributed by atoms with Gasteiger partial charge in [-0.15, -0.1) is 0 Å². The number of carbonyl (C=O) groups is 2. The highest BCUT2D eigenvalue weighted by Gasteiger charge is 2.32. The van der Waals surface area contributed by atoms with Crippen LogP contribution in [-0.4, -0.2) is 28.5 Å². The molecule has 1 aromatic heterocycles. The van der Waals surface area contributed by atoms with Crippen LogP contribution in [0.5, 0.6) is 0 Å². The van der Waals surface area contributed by atoms with Gasteiger partial charge in [-0.3, -0.25) is 9.78 Å². The quantitative estimate of drug-likeness (QED) is 0.834. The molecule has 1 N–H and O–H groups in total. The summed E-state index contributed by atoms with van der Waals surface area (Å²) >= 11 is 0.